The monoisotopic (exact) mass is 317 g/mol. The van der Waals surface area contributed by atoms with Crippen LogP contribution in [0.3, 0.4) is 0 Å². The predicted octanol–water partition coefficient (Wildman–Crippen LogP) is 2.61. The number of hydrogen-bond donors (Lipinski definition) is 2. The lowest BCUT2D eigenvalue weighted by Crippen LogP contribution is -2.26. The molecule has 0 amide bonds. The molecule has 0 radical (unpaired) electrons. The molecular formula is C13H19NO4S2. The minimum Gasteiger partial charge on any atom is -0.477 e. The molecule has 1 heterocycles. The fourth-order valence-corrected chi connectivity index (χ4v) is 5.09. The van der Waals surface area contributed by atoms with Crippen LogP contribution in [0.1, 0.15) is 46.7 Å². The van der Waals surface area contributed by atoms with Gasteiger partial charge in [-0.3, -0.25) is 0 Å². The van der Waals surface area contributed by atoms with E-state index in [-0.39, 0.29) is 9.77 Å². The van der Waals surface area contributed by atoms with E-state index in [1.54, 1.807) is 6.92 Å². The average Bonchev–Trinajstić information content (AvgIpc) is 2.98. The van der Waals surface area contributed by atoms with Crippen LogP contribution in [0.5, 0.6) is 0 Å². The van der Waals surface area contributed by atoms with Crippen molar-refractivity contribution in [2.24, 2.45) is 5.92 Å². The average molecular weight is 317 g/mol. The topological polar surface area (TPSA) is 83.5 Å². The molecule has 112 valence electrons. The molecule has 0 atom stereocenters. The Morgan fingerprint density at radius 2 is 2.10 bits per heavy atom. The van der Waals surface area contributed by atoms with Gasteiger partial charge in [-0.15, -0.1) is 11.3 Å². The van der Waals surface area contributed by atoms with Crippen LogP contribution in [0, 0.1) is 12.8 Å². The van der Waals surface area contributed by atoms with Crippen LogP contribution in [-0.2, 0) is 10.0 Å². The third kappa shape index (κ3) is 3.59. The van der Waals surface area contributed by atoms with Gasteiger partial charge in [0, 0.05) is 11.4 Å². The maximum Gasteiger partial charge on any atom is 0.345 e. The van der Waals surface area contributed by atoms with Crippen molar-refractivity contribution < 1.29 is 18.3 Å². The normalized spacial score (nSPS) is 16.6. The predicted molar refractivity (Wildman–Crippen MR) is 77.8 cm³/mol. The highest BCUT2D eigenvalue weighted by molar-refractivity contribution is 7.89. The molecule has 2 rings (SSSR count). The second-order valence-electron chi connectivity index (χ2n) is 5.17. The zero-order chi connectivity index (χ0) is 14.8. The number of carbonyl (C=O) groups is 1. The number of carboxylic acids is 1. The van der Waals surface area contributed by atoms with E-state index in [4.69, 9.17) is 5.11 Å². The standard InChI is InChI=1S/C13H19NO4S2/c1-9-12(8-11(19-9)13(15)16)20(17,18)14-7-6-10-4-2-3-5-10/h8,10,14H,2-7H2,1H3,(H,15,16). The Bertz CT molecular complexity index is 586. The van der Waals surface area contributed by atoms with Crippen LogP contribution in [0.15, 0.2) is 11.0 Å². The minimum absolute atomic E-state index is 0.0543. The highest BCUT2D eigenvalue weighted by Gasteiger charge is 2.22. The summed E-state index contributed by atoms with van der Waals surface area (Å²) >= 11 is 0.989. The first-order valence-corrected chi connectivity index (χ1v) is 9.03. The Hall–Kier alpha value is -0.920. The summed E-state index contributed by atoms with van der Waals surface area (Å²) in [5, 5.41) is 8.90. The summed E-state index contributed by atoms with van der Waals surface area (Å²) in [6, 6.07) is 1.24. The number of aryl methyl sites for hydroxylation is 1. The SMILES string of the molecule is Cc1sc(C(=O)O)cc1S(=O)(=O)NCCC1CCCC1. The van der Waals surface area contributed by atoms with Crippen LogP contribution in [0.25, 0.3) is 0 Å². The molecule has 0 bridgehead atoms. The molecule has 7 heteroatoms. The molecule has 1 aliphatic carbocycles. The van der Waals surface area contributed by atoms with Crippen LogP contribution >= 0.6 is 11.3 Å². The first-order chi connectivity index (χ1) is 9.40. The van der Waals surface area contributed by atoms with Crippen LogP contribution in [-0.4, -0.2) is 26.0 Å². The van der Waals surface area contributed by atoms with Gasteiger partial charge in [0.25, 0.3) is 0 Å². The van der Waals surface area contributed by atoms with Gasteiger partial charge >= 0.3 is 5.97 Å². The van der Waals surface area contributed by atoms with Gasteiger partial charge in [-0.25, -0.2) is 17.9 Å². The Balaban J connectivity index is 2.00. The molecule has 5 nitrogen and oxygen atoms in total. The molecule has 1 fully saturated rings. The molecule has 1 aromatic rings. The Morgan fingerprint density at radius 3 is 2.65 bits per heavy atom. The summed E-state index contributed by atoms with van der Waals surface area (Å²) in [7, 11) is -3.60. The van der Waals surface area contributed by atoms with Crippen molar-refractivity contribution in [2.75, 3.05) is 6.54 Å². The molecule has 0 saturated heterocycles. The number of aromatic carboxylic acids is 1. The van der Waals surface area contributed by atoms with E-state index in [0.29, 0.717) is 17.3 Å². The number of carboxylic acid groups (broad SMARTS) is 1. The van der Waals surface area contributed by atoms with Crippen LogP contribution in [0.2, 0.25) is 0 Å². The van der Waals surface area contributed by atoms with Gasteiger partial charge in [-0.2, -0.15) is 0 Å². The van der Waals surface area contributed by atoms with Crippen molar-refractivity contribution in [3.05, 3.63) is 15.8 Å². The Kier molecular flexibility index (Phi) is 4.82. The number of sulfonamides is 1. The first-order valence-electron chi connectivity index (χ1n) is 6.73. The second kappa shape index (κ2) is 6.24. The maximum absolute atomic E-state index is 12.2. The molecule has 0 spiro atoms. The van der Waals surface area contributed by atoms with Crippen molar-refractivity contribution in [2.45, 2.75) is 43.9 Å². The van der Waals surface area contributed by atoms with E-state index < -0.39 is 16.0 Å². The lowest BCUT2D eigenvalue weighted by Gasteiger charge is -2.10. The molecule has 20 heavy (non-hydrogen) atoms. The second-order valence-corrected chi connectivity index (χ2v) is 8.16. The van der Waals surface area contributed by atoms with Gasteiger partial charge in [0.15, 0.2) is 0 Å². The zero-order valence-electron chi connectivity index (χ0n) is 11.4. The van der Waals surface area contributed by atoms with E-state index in [1.165, 1.54) is 31.7 Å². The fraction of sp³-hybridized carbons (Fsp3) is 0.615. The molecular weight excluding hydrogens is 298 g/mol. The van der Waals surface area contributed by atoms with E-state index in [1.807, 2.05) is 0 Å². The van der Waals surface area contributed by atoms with Gasteiger partial charge in [0.05, 0.1) is 4.90 Å². The third-order valence-corrected chi connectivity index (χ3v) is 6.45. The summed E-state index contributed by atoms with van der Waals surface area (Å²) in [4.78, 5) is 11.5. The van der Waals surface area contributed by atoms with E-state index in [0.717, 1.165) is 17.8 Å². The smallest absolute Gasteiger partial charge is 0.345 e. The van der Waals surface area contributed by atoms with Gasteiger partial charge in [-0.05, 0) is 25.3 Å². The lowest BCUT2D eigenvalue weighted by atomic mass is 10.1. The zero-order valence-corrected chi connectivity index (χ0v) is 13.0. The highest BCUT2D eigenvalue weighted by Crippen LogP contribution is 2.28. The van der Waals surface area contributed by atoms with Gasteiger partial charge in [0.2, 0.25) is 10.0 Å². The molecule has 0 aliphatic heterocycles. The highest BCUT2D eigenvalue weighted by atomic mass is 32.2. The maximum atomic E-state index is 12.2. The number of nitrogens with one attached hydrogen (secondary N) is 1. The molecule has 1 aliphatic rings. The number of rotatable bonds is 6. The third-order valence-electron chi connectivity index (χ3n) is 3.69. The summed E-state index contributed by atoms with van der Waals surface area (Å²) < 4.78 is 26.9. The van der Waals surface area contributed by atoms with E-state index >= 15 is 0 Å². The summed E-state index contributed by atoms with van der Waals surface area (Å²) in [6.45, 7) is 2.05. The Labute approximate surface area is 123 Å². The first kappa shape index (κ1) is 15.5. The summed E-state index contributed by atoms with van der Waals surface area (Å²) in [6.07, 6.45) is 5.70. The molecule has 2 N–H and O–H groups in total. The molecule has 0 aromatic carbocycles. The van der Waals surface area contributed by atoms with Crippen molar-refractivity contribution in [3.63, 3.8) is 0 Å². The fourth-order valence-electron chi connectivity index (χ4n) is 2.61. The van der Waals surface area contributed by atoms with Crippen molar-refractivity contribution in [1.82, 2.24) is 4.72 Å². The van der Waals surface area contributed by atoms with E-state index in [2.05, 4.69) is 4.72 Å². The van der Waals surface area contributed by atoms with Crippen molar-refractivity contribution >= 4 is 27.3 Å². The summed E-state index contributed by atoms with van der Waals surface area (Å²) in [5.74, 6) is -0.471. The Morgan fingerprint density at radius 1 is 1.45 bits per heavy atom. The van der Waals surface area contributed by atoms with E-state index in [9.17, 15) is 13.2 Å². The van der Waals surface area contributed by atoms with Crippen molar-refractivity contribution in [3.8, 4) is 0 Å². The molecule has 1 aromatic heterocycles. The van der Waals surface area contributed by atoms with Gasteiger partial charge < -0.3 is 5.11 Å². The largest absolute Gasteiger partial charge is 0.477 e. The minimum atomic E-state index is -3.60. The van der Waals surface area contributed by atoms with Gasteiger partial charge in [-0.1, -0.05) is 25.7 Å². The summed E-state index contributed by atoms with van der Waals surface area (Å²) in [5.41, 5.74) is 0. The molecule has 0 unspecified atom stereocenters. The van der Waals surface area contributed by atoms with Crippen LogP contribution < -0.4 is 4.72 Å². The van der Waals surface area contributed by atoms with Gasteiger partial charge in [0.1, 0.15) is 4.88 Å². The van der Waals surface area contributed by atoms with Crippen LogP contribution in [0.4, 0.5) is 0 Å². The molecule has 1 saturated carbocycles. The number of thiophene rings is 1. The van der Waals surface area contributed by atoms with Crippen molar-refractivity contribution in [1.29, 1.82) is 0 Å². The quantitative estimate of drug-likeness (QED) is 0.845. The lowest BCUT2D eigenvalue weighted by molar-refractivity contribution is 0.0702. The number of hydrogen-bond acceptors (Lipinski definition) is 4.